The highest BCUT2D eigenvalue weighted by molar-refractivity contribution is 7.90. The Hall–Kier alpha value is -0.810. The summed E-state index contributed by atoms with van der Waals surface area (Å²) in [6, 6.07) is 1.77. The second-order valence-electron chi connectivity index (χ2n) is 3.05. The summed E-state index contributed by atoms with van der Waals surface area (Å²) in [5.74, 6) is 0.131. The molecule has 5 heteroatoms. The number of aliphatic hydroxyl groups is 1. The monoisotopic (exact) mass is 203 g/mol. The third kappa shape index (κ3) is 3.61. The van der Waals surface area contributed by atoms with Crippen LogP contribution in [0.4, 0.5) is 0 Å². The third-order valence-corrected chi connectivity index (χ3v) is 2.64. The predicted octanol–water partition coefficient (Wildman–Crippen LogP) is 0.0250. The Morgan fingerprint density at radius 1 is 1.54 bits per heavy atom. The zero-order valence-electron chi connectivity index (χ0n) is 7.47. The van der Waals surface area contributed by atoms with Gasteiger partial charge in [-0.3, -0.25) is 0 Å². The van der Waals surface area contributed by atoms with Crippen molar-refractivity contribution >= 4 is 9.84 Å². The van der Waals surface area contributed by atoms with Crippen LogP contribution in [-0.2, 0) is 23.0 Å². The first-order valence-electron chi connectivity index (χ1n) is 3.94. The summed E-state index contributed by atoms with van der Waals surface area (Å²) in [6.45, 7) is 0.435. The first-order valence-corrected chi connectivity index (χ1v) is 6.00. The first-order chi connectivity index (χ1) is 6.01. The van der Waals surface area contributed by atoms with Gasteiger partial charge in [-0.05, 0) is 11.6 Å². The fourth-order valence-electron chi connectivity index (χ4n) is 0.994. The number of hydrogen-bond donors (Lipinski definition) is 1. The molecule has 0 saturated heterocycles. The molecule has 0 spiro atoms. The lowest BCUT2D eigenvalue weighted by Crippen LogP contribution is -2.09. The molecule has 1 rings (SSSR count). The molecule has 0 fully saturated rings. The summed E-state index contributed by atoms with van der Waals surface area (Å²) < 4.78 is 23.4. The van der Waals surface area contributed by atoms with E-state index in [0.29, 0.717) is 6.54 Å². The van der Waals surface area contributed by atoms with Crippen LogP contribution in [0, 0.1) is 0 Å². The summed E-state index contributed by atoms with van der Waals surface area (Å²) in [7, 11) is -2.90. The Bertz CT molecular complexity index is 366. The average Bonchev–Trinajstić information content (AvgIpc) is 2.47. The molecule has 0 saturated carbocycles. The molecule has 1 aromatic heterocycles. The number of aliphatic hydroxyl groups excluding tert-OH is 1. The second-order valence-corrected chi connectivity index (χ2v) is 5.31. The number of aromatic nitrogens is 1. The van der Waals surface area contributed by atoms with Crippen molar-refractivity contribution in [3.63, 3.8) is 0 Å². The van der Waals surface area contributed by atoms with Crippen LogP contribution in [0.25, 0.3) is 0 Å². The molecule has 13 heavy (non-hydrogen) atoms. The van der Waals surface area contributed by atoms with Gasteiger partial charge in [0.25, 0.3) is 0 Å². The van der Waals surface area contributed by atoms with Gasteiger partial charge in [-0.2, -0.15) is 0 Å². The van der Waals surface area contributed by atoms with Gasteiger partial charge in [0.05, 0.1) is 12.4 Å². The minimum absolute atomic E-state index is 0.00806. The van der Waals surface area contributed by atoms with E-state index < -0.39 is 9.84 Å². The molecule has 0 amide bonds. The largest absolute Gasteiger partial charge is 0.392 e. The van der Waals surface area contributed by atoms with Crippen LogP contribution >= 0.6 is 0 Å². The van der Waals surface area contributed by atoms with Crippen molar-refractivity contribution in [3.05, 3.63) is 24.0 Å². The topological polar surface area (TPSA) is 59.3 Å². The lowest BCUT2D eigenvalue weighted by molar-refractivity contribution is 0.281. The molecular weight excluding hydrogens is 190 g/mol. The quantitative estimate of drug-likeness (QED) is 0.750. The van der Waals surface area contributed by atoms with E-state index in [9.17, 15) is 8.42 Å². The van der Waals surface area contributed by atoms with Gasteiger partial charge in [-0.15, -0.1) is 0 Å². The Morgan fingerprint density at radius 3 is 2.69 bits per heavy atom. The van der Waals surface area contributed by atoms with E-state index in [-0.39, 0.29) is 12.4 Å². The molecular formula is C8H13NO3S. The summed E-state index contributed by atoms with van der Waals surface area (Å²) in [4.78, 5) is 0. The maximum absolute atomic E-state index is 10.8. The van der Waals surface area contributed by atoms with Crippen LogP contribution in [0.15, 0.2) is 18.5 Å². The van der Waals surface area contributed by atoms with Gasteiger partial charge >= 0.3 is 0 Å². The molecule has 1 heterocycles. The van der Waals surface area contributed by atoms with E-state index in [0.717, 1.165) is 5.56 Å². The lowest BCUT2D eigenvalue weighted by atomic mass is 10.4. The van der Waals surface area contributed by atoms with Gasteiger partial charge in [-0.25, -0.2) is 8.42 Å². The lowest BCUT2D eigenvalue weighted by Gasteiger charge is -2.00. The van der Waals surface area contributed by atoms with Gasteiger partial charge in [-0.1, -0.05) is 0 Å². The highest BCUT2D eigenvalue weighted by atomic mass is 32.2. The molecule has 1 aromatic rings. The van der Waals surface area contributed by atoms with Crippen LogP contribution in [-0.4, -0.2) is 30.1 Å². The third-order valence-electron chi connectivity index (χ3n) is 1.71. The van der Waals surface area contributed by atoms with Crippen molar-refractivity contribution in [2.45, 2.75) is 13.2 Å². The molecule has 0 atom stereocenters. The van der Waals surface area contributed by atoms with Crippen molar-refractivity contribution in [1.29, 1.82) is 0 Å². The maximum atomic E-state index is 10.8. The summed E-state index contributed by atoms with van der Waals surface area (Å²) >= 11 is 0. The van der Waals surface area contributed by atoms with Crippen molar-refractivity contribution in [2.24, 2.45) is 0 Å². The number of rotatable bonds is 4. The zero-order valence-corrected chi connectivity index (χ0v) is 8.29. The SMILES string of the molecule is CS(=O)(=O)CCn1ccc(CO)c1. The molecule has 0 bridgehead atoms. The number of nitrogens with zero attached hydrogens (tertiary/aromatic N) is 1. The highest BCUT2D eigenvalue weighted by Gasteiger charge is 2.02. The summed E-state index contributed by atoms with van der Waals surface area (Å²) in [5.41, 5.74) is 0.800. The van der Waals surface area contributed by atoms with Crippen molar-refractivity contribution in [3.8, 4) is 0 Å². The standard InChI is InChI=1S/C8H13NO3S/c1-13(11,12)5-4-9-3-2-8(6-9)7-10/h2-3,6,10H,4-5,7H2,1H3. The first kappa shape index (κ1) is 10.3. The van der Waals surface area contributed by atoms with Crippen LogP contribution in [0.2, 0.25) is 0 Å². The molecule has 0 aromatic carbocycles. The highest BCUT2D eigenvalue weighted by Crippen LogP contribution is 2.01. The molecule has 0 radical (unpaired) electrons. The number of sulfone groups is 1. The van der Waals surface area contributed by atoms with Gasteiger partial charge in [0, 0.05) is 25.2 Å². The molecule has 1 N–H and O–H groups in total. The van der Waals surface area contributed by atoms with E-state index in [1.54, 1.807) is 23.0 Å². The predicted molar refractivity (Wildman–Crippen MR) is 50.1 cm³/mol. The van der Waals surface area contributed by atoms with Gasteiger partial charge < -0.3 is 9.67 Å². The van der Waals surface area contributed by atoms with Crippen molar-refractivity contribution in [1.82, 2.24) is 4.57 Å². The Balaban J connectivity index is 2.55. The van der Waals surface area contributed by atoms with Crippen LogP contribution in [0.5, 0.6) is 0 Å². The van der Waals surface area contributed by atoms with E-state index >= 15 is 0 Å². The molecule has 0 aliphatic carbocycles. The average molecular weight is 203 g/mol. The minimum atomic E-state index is -2.90. The van der Waals surface area contributed by atoms with E-state index in [2.05, 4.69) is 0 Å². The Morgan fingerprint density at radius 2 is 2.23 bits per heavy atom. The summed E-state index contributed by atoms with van der Waals surface area (Å²) in [6.07, 6.45) is 4.71. The second kappa shape index (κ2) is 3.93. The normalized spacial score (nSPS) is 11.8. The van der Waals surface area contributed by atoms with Crippen molar-refractivity contribution < 1.29 is 13.5 Å². The van der Waals surface area contributed by atoms with Gasteiger partial charge in [0.15, 0.2) is 0 Å². The van der Waals surface area contributed by atoms with E-state index in [4.69, 9.17) is 5.11 Å². The van der Waals surface area contributed by atoms with E-state index in [1.165, 1.54) is 6.26 Å². The number of aryl methyl sites for hydroxylation is 1. The molecule has 0 aliphatic rings. The smallest absolute Gasteiger partial charge is 0.149 e. The molecule has 0 unspecified atom stereocenters. The molecule has 4 nitrogen and oxygen atoms in total. The van der Waals surface area contributed by atoms with Crippen molar-refractivity contribution in [2.75, 3.05) is 12.0 Å². The van der Waals surface area contributed by atoms with E-state index in [1.807, 2.05) is 0 Å². The fraction of sp³-hybridized carbons (Fsp3) is 0.500. The Labute approximate surface area is 77.7 Å². The maximum Gasteiger partial charge on any atom is 0.149 e. The van der Waals surface area contributed by atoms with Gasteiger partial charge in [0.1, 0.15) is 9.84 Å². The molecule has 74 valence electrons. The van der Waals surface area contributed by atoms with Crippen LogP contribution in [0.3, 0.4) is 0 Å². The van der Waals surface area contributed by atoms with Crippen LogP contribution < -0.4 is 0 Å². The zero-order chi connectivity index (χ0) is 9.90. The van der Waals surface area contributed by atoms with Crippen LogP contribution in [0.1, 0.15) is 5.56 Å². The number of hydrogen-bond acceptors (Lipinski definition) is 3. The van der Waals surface area contributed by atoms with Gasteiger partial charge in [0.2, 0.25) is 0 Å². The minimum Gasteiger partial charge on any atom is -0.392 e. The Kier molecular flexibility index (Phi) is 3.11. The summed E-state index contributed by atoms with van der Waals surface area (Å²) in [5, 5.41) is 8.75. The molecule has 0 aliphatic heterocycles. The fourth-order valence-corrected chi connectivity index (χ4v) is 1.54.